The van der Waals surface area contributed by atoms with E-state index in [1.54, 1.807) is 29.2 Å². The largest absolute Gasteiger partial charge is 0.484 e. The van der Waals surface area contributed by atoms with E-state index in [0.29, 0.717) is 37.5 Å². The second kappa shape index (κ2) is 6.69. The van der Waals surface area contributed by atoms with Gasteiger partial charge in [0.15, 0.2) is 6.61 Å². The Morgan fingerprint density at radius 1 is 1.09 bits per heavy atom. The van der Waals surface area contributed by atoms with Crippen LogP contribution in [0.1, 0.15) is 18.4 Å². The molecule has 0 radical (unpaired) electrons. The molecular formula is C17H19N3O3. The maximum atomic E-state index is 12.2. The Morgan fingerprint density at radius 3 is 2.26 bits per heavy atom. The molecule has 120 valence electrons. The maximum absolute atomic E-state index is 12.2. The van der Waals surface area contributed by atoms with E-state index in [2.05, 4.69) is 0 Å². The Labute approximate surface area is 135 Å². The molecule has 23 heavy (non-hydrogen) atoms. The molecule has 1 saturated carbocycles. The molecule has 1 aliphatic heterocycles. The minimum atomic E-state index is -0.0760. The average molecular weight is 313 g/mol. The van der Waals surface area contributed by atoms with Gasteiger partial charge in [-0.3, -0.25) is 9.59 Å². The number of nitrogens with zero attached hydrogens (tertiary/aromatic N) is 3. The molecule has 2 aliphatic rings. The minimum absolute atomic E-state index is 0.0253. The van der Waals surface area contributed by atoms with Crippen molar-refractivity contribution in [2.24, 2.45) is 5.92 Å². The van der Waals surface area contributed by atoms with Gasteiger partial charge < -0.3 is 14.5 Å². The van der Waals surface area contributed by atoms with Crippen LogP contribution in [0, 0.1) is 17.2 Å². The third-order valence-electron chi connectivity index (χ3n) is 4.22. The third kappa shape index (κ3) is 3.81. The van der Waals surface area contributed by atoms with Gasteiger partial charge in [0.05, 0.1) is 11.6 Å². The molecule has 0 aromatic heterocycles. The van der Waals surface area contributed by atoms with E-state index in [4.69, 9.17) is 10.00 Å². The van der Waals surface area contributed by atoms with Crippen LogP contribution in [-0.2, 0) is 9.59 Å². The van der Waals surface area contributed by atoms with E-state index < -0.39 is 0 Å². The molecule has 3 rings (SSSR count). The van der Waals surface area contributed by atoms with Crippen molar-refractivity contribution in [2.45, 2.75) is 12.8 Å². The van der Waals surface area contributed by atoms with Gasteiger partial charge in [-0.05, 0) is 37.1 Å². The van der Waals surface area contributed by atoms with Crippen molar-refractivity contribution in [1.82, 2.24) is 9.80 Å². The van der Waals surface area contributed by atoms with Crippen LogP contribution < -0.4 is 4.74 Å². The second-order valence-electron chi connectivity index (χ2n) is 5.91. The summed E-state index contributed by atoms with van der Waals surface area (Å²) in [6.45, 7) is 2.32. The summed E-state index contributed by atoms with van der Waals surface area (Å²) in [7, 11) is 0. The van der Waals surface area contributed by atoms with E-state index in [1.807, 2.05) is 11.0 Å². The summed E-state index contributed by atoms with van der Waals surface area (Å²) in [6.07, 6.45) is 2.02. The highest BCUT2D eigenvalue weighted by Crippen LogP contribution is 2.31. The van der Waals surface area contributed by atoms with E-state index in [-0.39, 0.29) is 24.3 Å². The normalized spacial score (nSPS) is 17.5. The molecule has 6 nitrogen and oxygen atoms in total. The number of nitriles is 1. The average Bonchev–Trinajstić information content (AvgIpc) is 3.44. The number of rotatable bonds is 4. The Balaban J connectivity index is 1.43. The van der Waals surface area contributed by atoms with Crippen LogP contribution >= 0.6 is 0 Å². The fourth-order valence-corrected chi connectivity index (χ4v) is 2.63. The maximum Gasteiger partial charge on any atom is 0.260 e. The first-order chi connectivity index (χ1) is 11.2. The first-order valence-electron chi connectivity index (χ1n) is 7.87. The van der Waals surface area contributed by atoms with Crippen LogP contribution in [0.4, 0.5) is 0 Å². The molecule has 0 atom stereocenters. The van der Waals surface area contributed by atoms with Crippen molar-refractivity contribution in [2.75, 3.05) is 32.8 Å². The van der Waals surface area contributed by atoms with Gasteiger partial charge in [0.25, 0.3) is 5.91 Å². The quantitative estimate of drug-likeness (QED) is 0.832. The van der Waals surface area contributed by atoms with Crippen LogP contribution in [0.25, 0.3) is 0 Å². The minimum Gasteiger partial charge on any atom is -0.484 e. The van der Waals surface area contributed by atoms with Crippen molar-refractivity contribution in [3.63, 3.8) is 0 Å². The monoisotopic (exact) mass is 313 g/mol. The molecule has 6 heteroatoms. The summed E-state index contributed by atoms with van der Waals surface area (Å²) in [5, 5.41) is 8.74. The summed E-state index contributed by atoms with van der Waals surface area (Å²) in [5.41, 5.74) is 0.556. The molecule has 0 N–H and O–H groups in total. The zero-order chi connectivity index (χ0) is 16.2. The molecule has 0 unspecified atom stereocenters. The number of carbonyl (C=O) groups excluding carboxylic acids is 2. The molecule has 1 saturated heterocycles. The summed E-state index contributed by atoms with van der Waals surface area (Å²) in [4.78, 5) is 27.7. The molecule has 2 amide bonds. The van der Waals surface area contributed by atoms with Gasteiger partial charge in [-0.15, -0.1) is 0 Å². The lowest BCUT2D eigenvalue weighted by atomic mass is 10.2. The van der Waals surface area contributed by atoms with Crippen LogP contribution in [0.15, 0.2) is 24.3 Å². The predicted molar refractivity (Wildman–Crippen MR) is 82.5 cm³/mol. The van der Waals surface area contributed by atoms with Crippen molar-refractivity contribution in [3.05, 3.63) is 29.8 Å². The zero-order valence-electron chi connectivity index (χ0n) is 12.9. The molecule has 0 bridgehead atoms. The van der Waals surface area contributed by atoms with Crippen LogP contribution in [0.3, 0.4) is 0 Å². The summed E-state index contributed by atoms with van der Waals surface area (Å²) >= 11 is 0. The Kier molecular flexibility index (Phi) is 4.47. The van der Waals surface area contributed by atoms with Crippen molar-refractivity contribution in [3.8, 4) is 11.8 Å². The van der Waals surface area contributed by atoms with Gasteiger partial charge in [-0.25, -0.2) is 0 Å². The molecule has 1 heterocycles. The Bertz CT molecular complexity index is 623. The fourth-order valence-electron chi connectivity index (χ4n) is 2.63. The number of ether oxygens (including phenoxy) is 1. The van der Waals surface area contributed by atoms with E-state index in [0.717, 1.165) is 12.8 Å². The summed E-state index contributed by atoms with van der Waals surface area (Å²) in [6, 6.07) is 8.70. The number of amides is 2. The van der Waals surface area contributed by atoms with Crippen molar-refractivity contribution in [1.29, 1.82) is 5.26 Å². The van der Waals surface area contributed by atoms with Crippen LogP contribution in [-0.4, -0.2) is 54.4 Å². The van der Waals surface area contributed by atoms with Crippen molar-refractivity contribution < 1.29 is 14.3 Å². The highest BCUT2D eigenvalue weighted by molar-refractivity contribution is 5.82. The van der Waals surface area contributed by atoms with Crippen LogP contribution in [0.5, 0.6) is 5.75 Å². The second-order valence-corrected chi connectivity index (χ2v) is 5.91. The standard InChI is InChI=1S/C17H19N3O3/c18-11-13-1-5-15(6-2-13)23-12-16(21)19-7-9-20(10-8-19)17(22)14-3-4-14/h1-2,5-6,14H,3-4,7-10,12H2. The number of hydrogen-bond donors (Lipinski definition) is 0. The number of carbonyl (C=O) groups is 2. The van der Waals surface area contributed by atoms with Crippen LogP contribution in [0.2, 0.25) is 0 Å². The fraction of sp³-hybridized carbons (Fsp3) is 0.471. The lowest BCUT2D eigenvalue weighted by molar-refractivity contribution is -0.141. The predicted octanol–water partition coefficient (Wildman–Crippen LogP) is 1.02. The molecular weight excluding hydrogens is 294 g/mol. The molecule has 1 aliphatic carbocycles. The Morgan fingerprint density at radius 2 is 1.70 bits per heavy atom. The van der Waals surface area contributed by atoms with Gasteiger partial charge in [0.2, 0.25) is 5.91 Å². The van der Waals surface area contributed by atoms with E-state index in [9.17, 15) is 9.59 Å². The summed E-state index contributed by atoms with van der Waals surface area (Å²) < 4.78 is 5.46. The Hall–Kier alpha value is -2.55. The van der Waals surface area contributed by atoms with E-state index >= 15 is 0 Å². The molecule has 1 aromatic carbocycles. The summed E-state index contributed by atoms with van der Waals surface area (Å²) in [5.74, 6) is 0.968. The van der Waals surface area contributed by atoms with Crippen molar-refractivity contribution >= 4 is 11.8 Å². The molecule has 1 aromatic rings. The smallest absolute Gasteiger partial charge is 0.260 e. The highest BCUT2D eigenvalue weighted by Gasteiger charge is 2.35. The number of piperazine rings is 1. The van der Waals surface area contributed by atoms with Gasteiger partial charge in [-0.1, -0.05) is 0 Å². The van der Waals surface area contributed by atoms with Gasteiger partial charge in [0, 0.05) is 32.1 Å². The number of benzene rings is 1. The first kappa shape index (κ1) is 15.3. The topological polar surface area (TPSA) is 73.6 Å². The number of hydrogen-bond acceptors (Lipinski definition) is 4. The van der Waals surface area contributed by atoms with Gasteiger partial charge >= 0.3 is 0 Å². The zero-order valence-corrected chi connectivity index (χ0v) is 12.9. The third-order valence-corrected chi connectivity index (χ3v) is 4.22. The lowest BCUT2D eigenvalue weighted by Gasteiger charge is -2.34. The highest BCUT2D eigenvalue weighted by atomic mass is 16.5. The SMILES string of the molecule is N#Cc1ccc(OCC(=O)N2CCN(C(=O)C3CC3)CC2)cc1. The first-order valence-corrected chi connectivity index (χ1v) is 7.87. The van der Waals surface area contributed by atoms with Gasteiger partial charge in [-0.2, -0.15) is 5.26 Å². The molecule has 0 spiro atoms. The van der Waals surface area contributed by atoms with Gasteiger partial charge in [0.1, 0.15) is 5.75 Å². The lowest BCUT2D eigenvalue weighted by Crippen LogP contribution is -2.52. The van der Waals surface area contributed by atoms with E-state index in [1.165, 1.54) is 0 Å². The molecule has 2 fully saturated rings.